The Balaban J connectivity index is 3.00. The molecule has 100 valence electrons. The van der Waals surface area contributed by atoms with Crippen LogP contribution in [-0.2, 0) is 25.1 Å². The molecular weight excluding hydrogens is 252 g/mol. The Morgan fingerprint density at radius 2 is 1.78 bits per heavy atom. The number of hydrogen-bond acceptors (Lipinski definition) is 4. The third-order valence-corrected chi connectivity index (χ3v) is 4.88. The van der Waals surface area contributed by atoms with Gasteiger partial charge in [0, 0.05) is 0 Å². The predicted octanol–water partition coefficient (Wildman–Crippen LogP) is 1.80. The topological polar surface area (TPSA) is 60.4 Å². The van der Waals surface area contributed by atoms with Gasteiger partial charge in [-0.2, -0.15) is 0 Å². The number of ether oxygens (including phenoxy) is 1. The lowest BCUT2D eigenvalue weighted by molar-refractivity contribution is -0.140. The Morgan fingerprint density at radius 1 is 1.22 bits per heavy atom. The van der Waals surface area contributed by atoms with E-state index < -0.39 is 21.1 Å². The second-order valence-corrected chi connectivity index (χ2v) is 6.60. The highest BCUT2D eigenvalue weighted by Crippen LogP contribution is 2.19. The Kier molecular flexibility index (Phi) is 4.90. The molecule has 0 aromatic heterocycles. The van der Waals surface area contributed by atoms with E-state index in [2.05, 4.69) is 4.74 Å². The van der Waals surface area contributed by atoms with Crippen LogP contribution in [0.2, 0.25) is 0 Å². The highest BCUT2D eigenvalue weighted by atomic mass is 32.2. The lowest BCUT2D eigenvalue weighted by atomic mass is 10.1. The maximum atomic E-state index is 12.2. The van der Waals surface area contributed by atoms with Crippen LogP contribution in [-0.4, -0.2) is 26.7 Å². The molecule has 0 amide bonds. The van der Waals surface area contributed by atoms with Crippen LogP contribution in [0.15, 0.2) is 30.3 Å². The molecular formula is C13H18O4S. The van der Waals surface area contributed by atoms with Crippen molar-refractivity contribution < 1.29 is 17.9 Å². The molecule has 0 radical (unpaired) electrons. The first-order chi connectivity index (χ1) is 8.38. The van der Waals surface area contributed by atoms with Crippen LogP contribution in [0, 0.1) is 5.92 Å². The maximum Gasteiger partial charge on any atom is 0.324 e. The predicted molar refractivity (Wildman–Crippen MR) is 69.7 cm³/mol. The summed E-state index contributed by atoms with van der Waals surface area (Å²) in [6.45, 7) is 3.40. The molecule has 0 spiro atoms. The highest BCUT2D eigenvalue weighted by Gasteiger charge is 2.36. The summed E-state index contributed by atoms with van der Waals surface area (Å²) >= 11 is 0. The van der Waals surface area contributed by atoms with Crippen LogP contribution in [0.5, 0.6) is 0 Å². The van der Waals surface area contributed by atoms with E-state index in [-0.39, 0.29) is 11.7 Å². The van der Waals surface area contributed by atoms with Crippen molar-refractivity contribution in [3.05, 3.63) is 35.9 Å². The van der Waals surface area contributed by atoms with E-state index in [4.69, 9.17) is 0 Å². The smallest absolute Gasteiger partial charge is 0.324 e. The molecule has 0 bridgehead atoms. The molecule has 0 N–H and O–H groups in total. The van der Waals surface area contributed by atoms with Gasteiger partial charge in [0.2, 0.25) is 0 Å². The van der Waals surface area contributed by atoms with Crippen molar-refractivity contribution in [2.24, 2.45) is 5.92 Å². The highest BCUT2D eigenvalue weighted by molar-refractivity contribution is 7.92. The minimum atomic E-state index is -3.56. The van der Waals surface area contributed by atoms with Crippen LogP contribution >= 0.6 is 0 Å². The minimum Gasteiger partial charge on any atom is -0.468 e. The summed E-state index contributed by atoms with van der Waals surface area (Å²) in [5.41, 5.74) is 0.673. The van der Waals surface area contributed by atoms with E-state index in [9.17, 15) is 13.2 Å². The van der Waals surface area contributed by atoms with E-state index in [0.717, 1.165) is 0 Å². The summed E-state index contributed by atoms with van der Waals surface area (Å²) in [4.78, 5) is 11.6. The number of esters is 1. The summed E-state index contributed by atoms with van der Waals surface area (Å²) in [6.07, 6.45) is 0. The van der Waals surface area contributed by atoms with Gasteiger partial charge in [-0.3, -0.25) is 4.79 Å². The van der Waals surface area contributed by atoms with Crippen molar-refractivity contribution >= 4 is 15.8 Å². The molecule has 0 aliphatic carbocycles. The van der Waals surface area contributed by atoms with E-state index >= 15 is 0 Å². The van der Waals surface area contributed by atoms with Gasteiger partial charge in [-0.15, -0.1) is 0 Å². The zero-order valence-electron chi connectivity index (χ0n) is 10.8. The zero-order valence-corrected chi connectivity index (χ0v) is 11.6. The quantitative estimate of drug-likeness (QED) is 0.765. The molecule has 18 heavy (non-hydrogen) atoms. The number of methoxy groups -OCH3 is 1. The van der Waals surface area contributed by atoms with Gasteiger partial charge in [0.25, 0.3) is 0 Å². The van der Waals surface area contributed by atoms with Crippen molar-refractivity contribution in [1.82, 2.24) is 0 Å². The number of carbonyl (C=O) groups is 1. The number of rotatable bonds is 5. The fourth-order valence-electron chi connectivity index (χ4n) is 1.85. The lowest BCUT2D eigenvalue weighted by Gasteiger charge is -2.18. The molecule has 0 saturated heterocycles. The first-order valence-corrected chi connectivity index (χ1v) is 7.43. The summed E-state index contributed by atoms with van der Waals surface area (Å²) in [5.74, 6) is -1.15. The minimum absolute atomic E-state index is 0.147. The fourth-order valence-corrected chi connectivity index (χ4v) is 3.90. The number of benzene rings is 1. The van der Waals surface area contributed by atoms with Gasteiger partial charge < -0.3 is 4.74 Å². The SMILES string of the molecule is COC(=O)C(C(C)C)S(=O)(=O)Cc1ccccc1. The number of carbonyl (C=O) groups excluding carboxylic acids is 1. The van der Waals surface area contributed by atoms with Gasteiger partial charge in [0.15, 0.2) is 15.1 Å². The van der Waals surface area contributed by atoms with E-state index in [1.807, 2.05) is 6.07 Å². The van der Waals surface area contributed by atoms with Crippen LogP contribution in [0.1, 0.15) is 19.4 Å². The average Bonchev–Trinajstić information content (AvgIpc) is 2.28. The fraction of sp³-hybridized carbons (Fsp3) is 0.462. The van der Waals surface area contributed by atoms with Crippen molar-refractivity contribution in [2.45, 2.75) is 24.9 Å². The molecule has 5 heteroatoms. The van der Waals surface area contributed by atoms with Crippen molar-refractivity contribution in [2.75, 3.05) is 7.11 Å². The molecule has 0 saturated carbocycles. The van der Waals surface area contributed by atoms with Crippen molar-refractivity contribution in [3.8, 4) is 0 Å². The summed E-state index contributed by atoms with van der Waals surface area (Å²) < 4.78 is 29.1. The monoisotopic (exact) mass is 270 g/mol. The van der Waals surface area contributed by atoms with Crippen LogP contribution in [0.3, 0.4) is 0 Å². The Hall–Kier alpha value is -1.36. The van der Waals surface area contributed by atoms with Crippen molar-refractivity contribution in [3.63, 3.8) is 0 Å². The molecule has 1 atom stereocenters. The molecule has 0 fully saturated rings. The molecule has 0 aliphatic rings. The Bertz CT molecular complexity index is 491. The van der Waals surface area contributed by atoms with Crippen LogP contribution in [0.25, 0.3) is 0 Å². The first-order valence-electron chi connectivity index (χ1n) is 5.72. The van der Waals surface area contributed by atoms with E-state index in [0.29, 0.717) is 5.56 Å². The number of sulfone groups is 1. The van der Waals surface area contributed by atoms with Gasteiger partial charge in [0.1, 0.15) is 0 Å². The lowest BCUT2D eigenvalue weighted by Crippen LogP contribution is -2.36. The molecule has 1 aromatic carbocycles. The van der Waals surface area contributed by atoms with Crippen LogP contribution in [0.4, 0.5) is 0 Å². The van der Waals surface area contributed by atoms with E-state index in [1.165, 1.54) is 7.11 Å². The summed E-state index contributed by atoms with van der Waals surface area (Å²) in [5, 5.41) is -1.11. The third-order valence-electron chi connectivity index (χ3n) is 2.64. The molecule has 0 aliphatic heterocycles. The number of hydrogen-bond donors (Lipinski definition) is 0. The Morgan fingerprint density at radius 3 is 2.22 bits per heavy atom. The van der Waals surface area contributed by atoms with Gasteiger partial charge in [-0.25, -0.2) is 8.42 Å². The maximum absolute atomic E-state index is 12.2. The average molecular weight is 270 g/mol. The second-order valence-electron chi connectivity index (χ2n) is 4.48. The van der Waals surface area contributed by atoms with Crippen molar-refractivity contribution in [1.29, 1.82) is 0 Å². The van der Waals surface area contributed by atoms with Gasteiger partial charge >= 0.3 is 5.97 Å². The van der Waals surface area contributed by atoms with Gasteiger partial charge in [-0.05, 0) is 11.5 Å². The first kappa shape index (κ1) is 14.7. The standard InChI is InChI=1S/C13H18O4S/c1-10(2)12(13(14)17-3)18(15,16)9-11-7-5-4-6-8-11/h4-8,10,12H,9H2,1-3H3. The largest absolute Gasteiger partial charge is 0.468 e. The summed E-state index contributed by atoms with van der Waals surface area (Å²) in [7, 11) is -2.36. The molecule has 0 heterocycles. The zero-order chi connectivity index (χ0) is 13.8. The van der Waals surface area contributed by atoms with Crippen LogP contribution < -0.4 is 0 Å². The summed E-state index contributed by atoms with van der Waals surface area (Å²) in [6, 6.07) is 8.82. The third kappa shape index (κ3) is 3.57. The Labute approximate surface area is 108 Å². The second kappa shape index (κ2) is 6.00. The van der Waals surface area contributed by atoms with Gasteiger partial charge in [-0.1, -0.05) is 44.2 Å². The molecule has 4 nitrogen and oxygen atoms in total. The molecule has 1 unspecified atom stereocenters. The molecule has 1 aromatic rings. The molecule has 1 rings (SSSR count). The van der Waals surface area contributed by atoms with E-state index in [1.54, 1.807) is 38.1 Å². The normalized spacial score (nSPS) is 13.3. The van der Waals surface area contributed by atoms with Gasteiger partial charge in [0.05, 0.1) is 12.9 Å².